The summed E-state index contributed by atoms with van der Waals surface area (Å²) < 4.78 is 0. The van der Waals surface area contributed by atoms with E-state index >= 15 is 0 Å². The molecule has 9 heteroatoms. The van der Waals surface area contributed by atoms with Crippen molar-refractivity contribution in [2.75, 3.05) is 23.7 Å². The van der Waals surface area contributed by atoms with E-state index in [9.17, 15) is 9.59 Å². The number of nitrogens with one attached hydrogen (secondary N) is 3. The van der Waals surface area contributed by atoms with Gasteiger partial charge in [0.15, 0.2) is 0 Å². The van der Waals surface area contributed by atoms with Crippen LogP contribution in [0.15, 0.2) is 91.1 Å². The Morgan fingerprint density at radius 3 is 2.11 bits per heavy atom. The molecule has 0 bridgehead atoms. The molecule has 0 radical (unpaired) electrons. The molecule has 1 saturated heterocycles. The molecule has 6 rings (SSSR count). The van der Waals surface area contributed by atoms with E-state index in [1.165, 1.54) is 0 Å². The average molecular weight is 492 g/mol. The fourth-order valence-electron chi connectivity index (χ4n) is 4.78. The van der Waals surface area contributed by atoms with Crippen molar-refractivity contribution in [3.63, 3.8) is 0 Å². The van der Waals surface area contributed by atoms with Gasteiger partial charge >= 0.3 is 0 Å². The molecular formula is C28H25N7O2. The molecule has 9 nitrogen and oxygen atoms in total. The molecule has 1 aliphatic heterocycles. The third kappa shape index (κ3) is 4.97. The molecule has 0 spiro atoms. The van der Waals surface area contributed by atoms with Gasteiger partial charge in [-0.15, -0.1) is 0 Å². The molecule has 37 heavy (non-hydrogen) atoms. The number of nitrogens with zero attached hydrogens (tertiary/aromatic N) is 4. The predicted molar refractivity (Wildman–Crippen MR) is 140 cm³/mol. The van der Waals surface area contributed by atoms with Crippen molar-refractivity contribution < 1.29 is 9.59 Å². The molecule has 3 atom stereocenters. The maximum atomic E-state index is 13.1. The van der Waals surface area contributed by atoms with E-state index in [2.05, 4.69) is 30.9 Å². The molecule has 2 aromatic carbocycles. The standard InChI is InChI=1S/C28H25N7O2/c36-26(22-14-15-29-28(33-22)31-19-10-5-2-6-11-19)34-25-20-16-35(17-21(20)25)27(37)23-12-7-13-24(32-23)30-18-8-3-1-4-9-18/h1-15,20-21,25H,16-17H2,(H,30,32)(H,34,36)(H,29,31,33)/t20-,21?,25?/m1/s1. The van der Waals surface area contributed by atoms with Crippen LogP contribution in [0.5, 0.6) is 0 Å². The summed E-state index contributed by atoms with van der Waals surface area (Å²) in [6, 6.07) is 26.3. The second kappa shape index (κ2) is 9.69. The van der Waals surface area contributed by atoms with E-state index in [1.54, 1.807) is 18.3 Å². The summed E-state index contributed by atoms with van der Waals surface area (Å²) in [7, 11) is 0. The van der Waals surface area contributed by atoms with E-state index in [0.29, 0.717) is 36.2 Å². The van der Waals surface area contributed by atoms with Crippen molar-refractivity contribution in [1.29, 1.82) is 0 Å². The molecule has 2 fully saturated rings. The quantitative estimate of drug-likeness (QED) is 0.360. The van der Waals surface area contributed by atoms with Gasteiger partial charge in [-0.2, -0.15) is 0 Å². The minimum Gasteiger partial charge on any atom is -0.347 e. The van der Waals surface area contributed by atoms with Crippen LogP contribution < -0.4 is 16.0 Å². The fourth-order valence-corrected chi connectivity index (χ4v) is 4.78. The molecule has 3 heterocycles. The van der Waals surface area contributed by atoms with Crippen LogP contribution in [0.25, 0.3) is 0 Å². The minimum atomic E-state index is -0.239. The summed E-state index contributed by atoms with van der Waals surface area (Å²) in [6.45, 7) is 1.19. The molecular weight excluding hydrogens is 466 g/mol. The average Bonchev–Trinajstić information content (AvgIpc) is 3.36. The number of carbonyl (C=O) groups excluding carboxylic acids is 2. The number of pyridine rings is 1. The first-order chi connectivity index (χ1) is 18.1. The van der Waals surface area contributed by atoms with Gasteiger partial charge in [0, 0.05) is 48.5 Å². The molecule has 1 aliphatic carbocycles. The summed E-state index contributed by atoms with van der Waals surface area (Å²) in [5.41, 5.74) is 2.46. The molecule has 2 unspecified atom stereocenters. The number of likely N-dealkylation sites (tertiary alicyclic amines) is 1. The van der Waals surface area contributed by atoms with Crippen molar-refractivity contribution in [3.05, 3.63) is 103 Å². The Morgan fingerprint density at radius 1 is 0.730 bits per heavy atom. The highest BCUT2D eigenvalue weighted by atomic mass is 16.2. The van der Waals surface area contributed by atoms with Crippen LogP contribution in [0.3, 0.4) is 0 Å². The Kier molecular flexibility index (Phi) is 5.94. The first-order valence-electron chi connectivity index (χ1n) is 12.2. The summed E-state index contributed by atoms with van der Waals surface area (Å²) in [5, 5.41) is 9.41. The number of piperidine rings is 1. The van der Waals surface area contributed by atoms with Gasteiger partial charge in [0.05, 0.1) is 0 Å². The van der Waals surface area contributed by atoms with Gasteiger partial charge in [-0.1, -0.05) is 42.5 Å². The lowest BCUT2D eigenvalue weighted by Gasteiger charge is -2.20. The normalized spacial score (nSPS) is 19.6. The van der Waals surface area contributed by atoms with E-state index < -0.39 is 0 Å². The SMILES string of the molecule is O=C(NC1C2CN(C(=O)c3cccc(Nc4ccccc4)n3)C[C@H]21)c1ccnc(Nc2ccccc2)n1. The van der Waals surface area contributed by atoms with Crippen molar-refractivity contribution in [3.8, 4) is 0 Å². The third-order valence-corrected chi connectivity index (χ3v) is 6.71. The highest BCUT2D eigenvalue weighted by Crippen LogP contribution is 2.45. The second-order valence-corrected chi connectivity index (χ2v) is 9.19. The lowest BCUT2D eigenvalue weighted by molar-refractivity contribution is 0.0763. The molecule has 3 N–H and O–H groups in total. The molecule has 1 saturated carbocycles. The van der Waals surface area contributed by atoms with Gasteiger partial charge in [-0.25, -0.2) is 15.0 Å². The number of amides is 2. The number of para-hydroxylation sites is 2. The van der Waals surface area contributed by atoms with E-state index in [1.807, 2.05) is 77.7 Å². The number of carbonyl (C=O) groups is 2. The topological polar surface area (TPSA) is 112 Å². The van der Waals surface area contributed by atoms with Gasteiger partial charge in [0.2, 0.25) is 5.95 Å². The van der Waals surface area contributed by atoms with Gasteiger partial charge < -0.3 is 20.9 Å². The van der Waals surface area contributed by atoms with Gasteiger partial charge in [-0.05, 0) is 42.5 Å². The lowest BCUT2D eigenvalue weighted by atomic mass is 10.2. The lowest BCUT2D eigenvalue weighted by Crippen LogP contribution is -2.38. The molecule has 184 valence electrons. The Labute approximate surface area is 214 Å². The largest absolute Gasteiger partial charge is 0.347 e. The number of hydrogen-bond acceptors (Lipinski definition) is 7. The van der Waals surface area contributed by atoms with Crippen LogP contribution in [0.1, 0.15) is 21.0 Å². The highest BCUT2D eigenvalue weighted by molar-refractivity contribution is 5.94. The van der Waals surface area contributed by atoms with E-state index in [4.69, 9.17) is 0 Å². The van der Waals surface area contributed by atoms with Crippen molar-refractivity contribution in [1.82, 2.24) is 25.2 Å². The van der Waals surface area contributed by atoms with Crippen molar-refractivity contribution >= 4 is 35.0 Å². The first kappa shape index (κ1) is 22.7. The number of anilines is 4. The van der Waals surface area contributed by atoms with Crippen LogP contribution in [0, 0.1) is 11.8 Å². The second-order valence-electron chi connectivity index (χ2n) is 9.19. The summed E-state index contributed by atoms with van der Waals surface area (Å²) in [5.74, 6) is 1.13. The van der Waals surface area contributed by atoms with Gasteiger partial charge in [0.25, 0.3) is 11.8 Å². The third-order valence-electron chi connectivity index (χ3n) is 6.71. The Balaban J connectivity index is 1.04. The van der Waals surface area contributed by atoms with Crippen LogP contribution >= 0.6 is 0 Å². The fraction of sp³-hybridized carbons (Fsp3) is 0.179. The molecule has 2 aliphatic rings. The van der Waals surface area contributed by atoms with Gasteiger partial charge in [0.1, 0.15) is 17.2 Å². The van der Waals surface area contributed by atoms with Crippen molar-refractivity contribution in [2.24, 2.45) is 11.8 Å². The van der Waals surface area contributed by atoms with Gasteiger partial charge in [-0.3, -0.25) is 9.59 Å². The zero-order valence-corrected chi connectivity index (χ0v) is 19.9. The highest BCUT2D eigenvalue weighted by Gasteiger charge is 2.57. The first-order valence-corrected chi connectivity index (χ1v) is 12.2. The van der Waals surface area contributed by atoms with E-state index in [-0.39, 0.29) is 29.7 Å². The summed E-state index contributed by atoms with van der Waals surface area (Å²) in [4.78, 5) is 40.8. The zero-order valence-electron chi connectivity index (χ0n) is 19.9. The van der Waals surface area contributed by atoms with Crippen molar-refractivity contribution in [2.45, 2.75) is 6.04 Å². The maximum Gasteiger partial charge on any atom is 0.272 e. The van der Waals surface area contributed by atoms with E-state index in [0.717, 1.165) is 11.4 Å². The molecule has 4 aromatic rings. The molecule has 2 aromatic heterocycles. The Hall–Kier alpha value is -4.79. The number of aromatic nitrogens is 3. The predicted octanol–water partition coefficient (Wildman–Crippen LogP) is 3.86. The number of hydrogen-bond donors (Lipinski definition) is 3. The number of fused-ring (bicyclic) bond motifs is 1. The molecule has 2 amide bonds. The summed E-state index contributed by atoms with van der Waals surface area (Å²) in [6.07, 6.45) is 1.56. The number of benzene rings is 2. The Bertz CT molecular complexity index is 1420. The maximum absolute atomic E-state index is 13.1. The van der Waals surface area contributed by atoms with Crippen LogP contribution in [0.4, 0.5) is 23.1 Å². The van der Waals surface area contributed by atoms with Crippen LogP contribution in [-0.2, 0) is 0 Å². The van der Waals surface area contributed by atoms with Crippen LogP contribution in [-0.4, -0.2) is 50.8 Å². The minimum absolute atomic E-state index is 0.0380. The van der Waals surface area contributed by atoms with Crippen LogP contribution in [0.2, 0.25) is 0 Å². The zero-order chi connectivity index (χ0) is 25.2. The smallest absolute Gasteiger partial charge is 0.272 e. The monoisotopic (exact) mass is 491 g/mol. The Morgan fingerprint density at radius 2 is 1.41 bits per heavy atom. The summed E-state index contributed by atoms with van der Waals surface area (Å²) >= 11 is 0. The number of rotatable bonds is 7.